The molecule has 124 valence electrons. The highest BCUT2D eigenvalue weighted by atomic mass is 19.4. The number of aliphatic hydroxyl groups excluding tert-OH is 1. The van der Waals surface area contributed by atoms with E-state index in [1.807, 2.05) is 20.8 Å². The SMILES string of the molecule is CC(C)C(C)NC(=O)NCC(O)c1cccc(C(F)(F)F)c1. The molecule has 1 aromatic rings. The average Bonchev–Trinajstić information content (AvgIpc) is 2.43. The Bertz CT molecular complexity index is 504. The molecule has 0 saturated carbocycles. The summed E-state index contributed by atoms with van der Waals surface area (Å²) in [6.07, 6.45) is -5.67. The van der Waals surface area contributed by atoms with Crippen LogP contribution in [0.2, 0.25) is 0 Å². The molecule has 0 fully saturated rings. The van der Waals surface area contributed by atoms with Gasteiger partial charge in [0.05, 0.1) is 11.7 Å². The van der Waals surface area contributed by atoms with Crippen molar-refractivity contribution in [1.82, 2.24) is 10.6 Å². The van der Waals surface area contributed by atoms with E-state index in [1.54, 1.807) is 0 Å². The Kier molecular flexibility index (Phi) is 6.22. The lowest BCUT2D eigenvalue weighted by Crippen LogP contribution is -2.44. The summed E-state index contributed by atoms with van der Waals surface area (Å²) in [6.45, 7) is 5.57. The highest BCUT2D eigenvalue weighted by Crippen LogP contribution is 2.30. The fourth-order valence-electron chi connectivity index (χ4n) is 1.65. The minimum absolute atomic E-state index is 0.0503. The van der Waals surface area contributed by atoms with E-state index in [4.69, 9.17) is 0 Å². The molecule has 7 heteroatoms. The molecule has 0 aliphatic heterocycles. The van der Waals surface area contributed by atoms with Crippen LogP contribution in [0.4, 0.5) is 18.0 Å². The average molecular weight is 318 g/mol. The van der Waals surface area contributed by atoms with Gasteiger partial charge in [-0.2, -0.15) is 13.2 Å². The van der Waals surface area contributed by atoms with Crippen LogP contribution in [-0.4, -0.2) is 23.7 Å². The molecule has 0 bridgehead atoms. The number of hydrogen-bond acceptors (Lipinski definition) is 2. The van der Waals surface area contributed by atoms with Crippen molar-refractivity contribution in [3.63, 3.8) is 0 Å². The standard InChI is InChI=1S/C15H21F3N2O2/c1-9(2)10(3)20-14(22)19-8-13(21)11-5-4-6-12(7-11)15(16,17)18/h4-7,9-10,13,21H,8H2,1-3H3,(H2,19,20,22). The first-order chi connectivity index (χ1) is 10.1. The van der Waals surface area contributed by atoms with Crippen LogP contribution in [0.1, 0.15) is 38.0 Å². The number of rotatable bonds is 5. The number of carbonyl (C=O) groups excluding carboxylic acids is 1. The molecule has 1 aromatic carbocycles. The van der Waals surface area contributed by atoms with Crippen LogP contribution in [0.15, 0.2) is 24.3 Å². The van der Waals surface area contributed by atoms with Gasteiger partial charge in [0.15, 0.2) is 0 Å². The molecule has 4 nitrogen and oxygen atoms in total. The summed E-state index contributed by atoms with van der Waals surface area (Å²) >= 11 is 0. The Morgan fingerprint density at radius 2 is 1.91 bits per heavy atom. The van der Waals surface area contributed by atoms with Gasteiger partial charge in [-0.05, 0) is 30.5 Å². The van der Waals surface area contributed by atoms with Crippen molar-refractivity contribution in [2.75, 3.05) is 6.54 Å². The molecule has 2 unspecified atom stereocenters. The molecular formula is C15H21F3N2O2. The van der Waals surface area contributed by atoms with Crippen LogP contribution >= 0.6 is 0 Å². The quantitative estimate of drug-likeness (QED) is 0.781. The lowest BCUT2D eigenvalue weighted by Gasteiger charge is -2.19. The molecule has 0 aliphatic rings. The smallest absolute Gasteiger partial charge is 0.387 e. The molecule has 22 heavy (non-hydrogen) atoms. The third kappa shape index (κ3) is 5.55. The third-order valence-corrected chi connectivity index (χ3v) is 3.41. The largest absolute Gasteiger partial charge is 0.416 e. The number of amides is 2. The topological polar surface area (TPSA) is 61.4 Å². The van der Waals surface area contributed by atoms with E-state index in [1.165, 1.54) is 12.1 Å². The van der Waals surface area contributed by atoms with Gasteiger partial charge in [0, 0.05) is 12.6 Å². The predicted molar refractivity (Wildman–Crippen MR) is 77.2 cm³/mol. The lowest BCUT2D eigenvalue weighted by atomic mass is 10.1. The van der Waals surface area contributed by atoms with E-state index in [-0.39, 0.29) is 24.1 Å². The maximum atomic E-state index is 12.6. The van der Waals surface area contributed by atoms with Gasteiger partial charge in [0.25, 0.3) is 0 Å². The highest BCUT2D eigenvalue weighted by molar-refractivity contribution is 5.74. The second kappa shape index (κ2) is 7.49. The molecule has 0 saturated heterocycles. The summed E-state index contributed by atoms with van der Waals surface area (Å²) in [5, 5.41) is 15.0. The summed E-state index contributed by atoms with van der Waals surface area (Å²) in [4.78, 5) is 11.6. The number of aliphatic hydroxyl groups is 1. The minimum atomic E-state index is -4.47. The van der Waals surface area contributed by atoms with Gasteiger partial charge in [-0.1, -0.05) is 26.0 Å². The Labute approximate surface area is 127 Å². The molecular weight excluding hydrogens is 297 g/mol. The number of hydrogen-bond donors (Lipinski definition) is 3. The zero-order valence-electron chi connectivity index (χ0n) is 12.7. The van der Waals surface area contributed by atoms with E-state index in [2.05, 4.69) is 10.6 Å². The summed E-state index contributed by atoms with van der Waals surface area (Å²) in [5.41, 5.74) is -0.728. The third-order valence-electron chi connectivity index (χ3n) is 3.41. The van der Waals surface area contributed by atoms with Crippen LogP contribution in [0.3, 0.4) is 0 Å². The molecule has 0 aliphatic carbocycles. The first kappa shape index (κ1) is 18.3. The highest BCUT2D eigenvalue weighted by Gasteiger charge is 2.30. The predicted octanol–water partition coefficient (Wildman–Crippen LogP) is 3.08. The Morgan fingerprint density at radius 1 is 1.27 bits per heavy atom. The van der Waals surface area contributed by atoms with Crippen molar-refractivity contribution in [3.05, 3.63) is 35.4 Å². The second-order valence-electron chi connectivity index (χ2n) is 5.53. The minimum Gasteiger partial charge on any atom is -0.387 e. The van der Waals surface area contributed by atoms with Crippen molar-refractivity contribution in [1.29, 1.82) is 0 Å². The number of halogens is 3. The number of benzene rings is 1. The Hall–Kier alpha value is -1.76. The summed E-state index contributed by atoms with van der Waals surface area (Å²) in [7, 11) is 0. The number of alkyl halides is 3. The molecule has 0 radical (unpaired) electrons. The zero-order valence-corrected chi connectivity index (χ0v) is 12.7. The van der Waals surface area contributed by atoms with Crippen LogP contribution in [-0.2, 0) is 6.18 Å². The number of carbonyl (C=O) groups is 1. The summed E-state index contributed by atoms with van der Waals surface area (Å²) in [6, 6.07) is 3.90. The second-order valence-corrected chi connectivity index (χ2v) is 5.53. The molecule has 2 amide bonds. The van der Waals surface area contributed by atoms with Gasteiger partial charge in [-0.25, -0.2) is 4.79 Å². The molecule has 1 rings (SSSR count). The monoisotopic (exact) mass is 318 g/mol. The van der Waals surface area contributed by atoms with Gasteiger partial charge >= 0.3 is 12.2 Å². The zero-order chi connectivity index (χ0) is 16.9. The number of urea groups is 1. The number of nitrogens with one attached hydrogen (secondary N) is 2. The fraction of sp³-hybridized carbons (Fsp3) is 0.533. The van der Waals surface area contributed by atoms with Crippen molar-refractivity contribution in [3.8, 4) is 0 Å². The van der Waals surface area contributed by atoms with Gasteiger partial charge in [-0.15, -0.1) is 0 Å². The van der Waals surface area contributed by atoms with E-state index in [9.17, 15) is 23.1 Å². The van der Waals surface area contributed by atoms with Crippen molar-refractivity contribution >= 4 is 6.03 Å². The fourth-order valence-corrected chi connectivity index (χ4v) is 1.65. The van der Waals surface area contributed by atoms with Gasteiger partial charge in [-0.3, -0.25) is 0 Å². The maximum Gasteiger partial charge on any atom is 0.416 e. The molecule has 0 heterocycles. The Balaban J connectivity index is 2.59. The van der Waals surface area contributed by atoms with Crippen LogP contribution in [0, 0.1) is 5.92 Å². The first-order valence-corrected chi connectivity index (χ1v) is 7.01. The summed E-state index contributed by atoms with van der Waals surface area (Å²) < 4.78 is 37.8. The normalized spacial score (nSPS) is 14.5. The van der Waals surface area contributed by atoms with E-state index >= 15 is 0 Å². The molecule has 3 N–H and O–H groups in total. The van der Waals surface area contributed by atoms with Crippen molar-refractivity contribution < 1.29 is 23.1 Å². The van der Waals surface area contributed by atoms with E-state index < -0.39 is 23.9 Å². The van der Waals surface area contributed by atoms with Crippen LogP contribution in [0.25, 0.3) is 0 Å². The molecule has 0 aromatic heterocycles. The molecule has 2 atom stereocenters. The summed E-state index contributed by atoms with van der Waals surface area (Å²) in [5.74, 6) is 0.249. The maximum absolute atomic E-state index is 12.6. The van der Waals surface area contributed by atoms with E-state index in [0.29, 0.717) is 0 Å². The Morgan fingerprint density at radius 3 is 2.45 bits per heavy atom. The van der Waals surface area contributed by atoms with Crippen molar-refractivity contribution in [2.24, 2.45) is 5.92 Å². The van der Waals surface area contributed by atoms with E-state index in [0.717, 1.165) is 12.1 Å². The van der Waals surface area contributed by atoms with Gasteiger partial charge < -0.3 is 15.7 Å². The van der Waals surface area contributed by atoms with Crippen LogP contribution < -0.4 is 10.6 Å². The molecule has 0 spiro atoms. The van der Waals surface area contributed by atoms with Crippen molar-refractivity contribution in [2.45, 2.75) is 39.1 Å². The van der Waals surface area contributed by atoms with Gasteiger partial charge in [0.1, 0.15) is 0 Å². The first-order valence-electron chi connectivity index (χ1n) is 7.01. The van der Waals surface area contributed by atoms with Gasteiger partial charge in [0.2, 0.25) is 0 Å². The lowest BCUT2D eigenvalue weighted by molar-refractivity contribution is -0.137. The van der Waals surface area contributed by atoms with Crippen LogP contribution in [0.5, 0.6) is 0 Å².